The quantitative estimate of drug-likeness (QED) is 0.536. The SMILES string of the molecule is CC(C)=CC(C)=CC(C)C1=[C]([Ru])CC=C1. The molecular formula is C14H19Ru. The molecule has 1 aliphatic rings. The first-order valence-corrected chi connectivity index (χ1v) is 6.25. The Morgan fingerprint density at radius 1 is 1.40 bits per heavy atom. The molecule has 0 spiro atoms. The number of allylic oxidation sites excluding steroid dienone is 8. The van der Waals surface area contributed by atoms with Crippen molar-refractivity contribution in [3.8, 4) is 0 Å². The van der Waals surface area contributed by atoms with Gasteiger partial charge in [0.2, 0.25) is 0 Å². The molecule has 1 atom stereocenters. The molecule has 1 heteroatoms. The summed E-state index contributed by atoms with van der Waals surface area (Å²) < 4.78 is 1.45. The molecule has 15 heavy (non-hydrogen) atoms. The van der Waals surface area contributed by atoms with Crippen molar-refractivity contribution in [1.29, 1.82) is 0 Å². The Kier molecular flexibility index (Phi) is 4.73. The van der Waals surface area contributed by atoms with Crippen LogP contribution in [0.1, 0.15) is 34.1 Å². The van der Waals surface area contributed by atoms with Crippen LogP contribution in [-0.4, -0.2) is 0 Å². The third-order valence-electron chi connectivity index (χ3n) is 2.42. The summed E-state index contributed by atoms with van der Waals surface area (Å²) in [5.41, 5.74) is 4.18. The molecule has 0 aromatic carbocycles. The zero-order chi connectivity index (χ0) is 11.4. The number of rotatable bonds is 3. The van der Waals surface area contributed by atoms with Crippen molar-refractivity contribution >= 4 is 0 Å². The van der Waals surface area contributed by atoms with Crippen LogP contribution in [0.5, 0.6) is 0 Å². The second-order valence-electron chi connectivity index (χ2n) is 4.37. The number of hydrogen-bond acceptors (Lipinski definition) is 0. The van der Waals surface area contributed by atoms with E-state index in [1.54, 1.807) is 0 Å². The van der Waals surface area contributed by atoms with Crippen molar-refractivity contribution in [3.63, 3.8) is 0 Å². The molecule has 0 aromatic rings. The molecule has 1 unspecified atom stereocenters. The van der Waals surface area contributed by atoms with Gasteiger partial charge in [-0.25, -0.2) is 0 Å². The average Bonchev–Trinajstić information content (AvgIpc) is 2.49. The van der Waals surface area contributed by atoms with E-state index in [0.717, 1.165) is 6.42 Å². The molecule has 0 fully saturated rings. The van der Waals surface area contributed by atoms with Crippen LogP contribution < -0.4 is 0 Å². The van der Waals surface area contributed by atoms with Crippen molar-refractivity contribution in [2.45, 2.75) is 34.1 Å². The van der Waals surface area contributed by atoms with Gasteiger partial charge < -0.3 is 0 Å². The van der Waals surface area contributed by atoms with Crippen LogP contribution >= 0.6 is 0 Å². The van der Waals surface area contributed by atoms with Gasteiger partial charge in [0.25, 0.3) is 0 Å². The normalized spacial score (nSPS) is 18.3. The minimum absolute atomic E-state index is 0.524. The van der Waals surface area contributed by atoms with Gasteiger partial charge in [0.05, 0.1) is 0 Å². The van der Waals surface area contributed by atoms with E-state index < -0.39 is 0 Å². The predicted molar refractivity (Wildman–Crippen MR) is 63.1 cm³/mol. The fourth-order valence-corrected chi connectivity index (χ4v) is 2.62. The first-order valence-electron chi connectivity index (χ1n) is 5.38. The van der Waals surface area contributed by atoms with Crippen LogP contribution in [0, 0.1) is 5.92 Å². The fraction of sp³-hybridized carbons (Fsp3) is 0.429. The Hall–Kier alpha value is -0.417. The Bertz CT molecular complexity index is 350. The van der Waals surface area contributed by atoms with Crippen LogP contribution in [0.15, 0.2) is 45.2 Å². The van der Waals surface area contributed by atoms with E-state index in [1.807, 2.05) is 0 Å². The maximum absolute atomic E-state index is 2.75. The van der Waals surface area contributed by atoms with Crippen molar-refractivity contribution < 1.29 is 18.3 Å². The van der Waals surface area contributed by atoms with Crippen molar-refractivity contribution in [2.24, 2.45) is 5.92 Å². The molecule has 0 aliphatic heterocycles. The second-order valence-corrected chi connectivity index (χ2v) is 5.42. The molecule has 0 radical (unpaired) electrons. The van der Waals surface area contributed by atoms with Gasteiger partial charge in [0, 0.05) is 0 Å². The van der Waals surface area contributed by atoms with Gasteiger partial charge in [0.1, 0.15) is 0 Å². The molecule has 1 rings (SSSR count). The Balaban J connectivity index is 2.79. The van der Waals surface area contributed by atoms with E-state index in [0.29, 0.717) is 5.92 Å². The Morgan fingerprint density at radius 3 is 2.53 bits per heavy atom. The van der Waals surface area contributed by atoms with E-state index in [2.05, 4.69) is 70.3 Å². The maximum atomic E-state index is 2.75. The molecule has 0 nitrogen and oxygen atoms in total. The number of hydrogen-bond donors (Lipinski definition) is 0. The first-order chi connectivity index (χ1) is 7.00. The van der Waals surface area contributed by atoms with Crippen molar-refractivity contribution in [3.05, 3.63) is 45.2 Å². The molecule has 1 aliphatic carbocycles. The third-order valence-corrected chi connectivity index (χ3v) is 3.27. The standard InChI is InChI=1S/C14H19.Ru/c1-11(2)9-12(3)10-13(4)14-7-5-6-8-14;/h5,7,9-10,13H,6H2,1-4H3;. The van der Waals surface area contributed by atoms with Crippen LogP contribution in [0.3, 0.4) is 0 Å². The second kappa shape index (κ2) is 5.61. The predicted octanol–water partition coefficient (Wildman–Crippen LogP) is 4.30. The molecule has 0 saturated carbocycles. The summed E-state index contributed by atoms with van der Waals surface area (Å²) in [6, 6.07) is 0. The molecule has 0 saturated heterocycles. The Labute approximate surface area is 104 Å². The fourth-order valence-electron chi connectivity index (χ4n) is 1.87. The van der Waals surface area contributed by atoms with Gasteiger partial charge in [-0.1, -0.05) is 0 Å². The summed E-state index contributed by atoms with van der Waals surface area (Å²) in [5, 5.41) is 0. The summed E-state index contributed by atoms with van der Waals surface area (Å²) in [6.07, 6.45) is 10.2. The van der Waals surface area contributed by atoms with Crippen LogP contribution in [0.2, 0.25) is 0 Å². The average molecular weight is 288 g/mol. The summed E-state index contributed by atoms with van der Waals surface area (Å²) >= 11 is 2.75. The van der Waals surface area contributed by atoms with Gasteiger partial charge in [-0.2, -0.15) is 0 Å². The van der Waals surface area contributed by atoms with E-state index in [4.69, 9.17) is 0 Å². The van der Waals surface area contributed by atoms with Crippen LogP contribution in [-0.2, 0) is 18.3 Å². The topological polar surface area (TPSA) is 0 Å². The van der Waals surface area contributed by atoms with Crippen LogP contribution in [0.4, 0.5) is 0 Å². The van der Waals surface area contributed by atoms with Crippen molar-refractivity contribution in [1.82, 2.24) is 0 Å². The molecule has 0 bridgehead atoms. The van der Waals surface area contributed by atoms with Gasteiger partial charge in [0.15, 0.2) is 0 Å². The summed E-state index contributed by atoms with van der Waals surface area (Å²) in [6.45, 7) is 8.71. The van der Waals surface area contributed by atoms with Gasteiger partial charge in [-0.3, -0.25) is 0 Å². The molecular weight excluding hydrogens is 269 g/mol. The van der Waals surface area contributed by atoms with Gasteiger partial charge >= 0.3 is 104 Å². The van der Waals surface area contributed by atoms with Gasteiger partial charge in [-0.15, -0.1) is 0 Å². The van der Waals surface area contributed by atoms with Crippen LogP contribution in [0.25, 0.3) is 0 Å². The van der Waals surface area contributed by atoms with E-state index in [-0.39, 0.29) is 0 Å². The van der Waals surface area contributed by atoms with Gasteiger partial charge in [-0.05, 0) is 0 Å². The van der Waals surface area contributed by atoms with E-state index >= 15 is 0 Å². The molecule has 0 aromatic heterocycles. The summed E-state index contributed by atoms with van der Waals surface area (Å²) in [5.74, 6) is 0.524. The zero-order valence-electron chi connectivity index (χ0n) is 9.95. The molecule has 83 valence electrons. The third kappa shape index (κ3) is 3.91. The Morgan fingerprint density at radius 2 is 2.07 bits per heavy atom. The zero-order valence-corrected chi connectivity index (χ0v) is 11.7. The first kappa shape index (κ1) is 12.7. The molecule has 0 heterocycles. The van der Waals surface area contributed by atoms with E-state index in [1.165, 1.54) is 20.9 Å². The van der Waals surface area contributed by atoms with Crippen molar-refractivity contribution in [2.75, 3.05) is 0 Å². The summed E-state index contributed by atoms with van der Waals surface area (Å²) in [4.78, 5) is 0. The molecule has 0 amide bonds. The molecule has 0 N–H and O–H groups in total. The minimum atomic E-state index is 0.524. The summed E-state index contributed by atoms with van der Waals surface area (Å²) in [7, 11) is 0. The monoisotopic (exact) mass is 289 g/mol. The van der Waals surface area contributed by atoms with E-state index in [9.17, 15) is 0 Å².